The molecule has 0 fully saturated rings. The maximum Gasteiger partial charge on any atom is 0.330 e. The number of rotatable bonds is 2. The summed E-state index contributed by atoms with van der Waals surface area (Å²) in [4.78, 5) is 9.60. The first-order chi connectivity index (χ1) is 8.22. The number of carbonyl (C=O) groups is 1. The first-order valence-electron chi connectivity index (χ1n) is 4.96. The zero-order valence-corrected chi connectivity index (χ0v) is 12.2. The zero-order valence-electron chi connectivity index (χ0n) is 9.93. The highest BCUT2D eigenvalue weighted by Crippen LogP contribution is 2.38. The van der Waals surface area contributed by atoms with Crippen molar-refractivity contribution >= 4 is 40.8 Å². The predicted molar refractivity (Wildman–Crippen MR) is 75.0 cm³/mol. The second kappa shape index (κ2) is 7.52. The number of hydrogen-bond donors (Lipinski definition) is 2. The summed E-state index contributed by atoms with van der Waals surface area (Å²) in [6.07, 6.45) is 0.669. The summed E-state index contributed by atoms with van der Waals surface area (Å²) in [5.74, 6) is -1.03. The second-order valence-electron chi connectivity index (χ2n) is 3.42. The summed E-state index contributed by atoms with van der Waals surface area (Å²) >= 11 is 17.2. The summed E-state index contributed by atoms with van der Waals surface area (Å²) in [7, 11) is 0. The first-order valence-corrected chi connectivity index (χ1v) is 6.09. The molecule has 0 aliphatic carbocycles. The van der Waals surface area contributed by atoms with E-state index in [1.54, 1.807) is 0 Å². The monoisotopic (exact) mass is 310 g/mol. The van der Waals surface area contributed by atoms with Gasteiger partial charge in [0.25, 0.3) is 0 Å². The molecule has 0 aromatic heterocycles. The average molecular weight is 312 g/mol. The summed E-state index contributed by atoms with van der Waals surface area (Å²) in [5.41, 5.74) is 0.898. The highest BCUT2D eigenvalue weighted by molar-refractivity contribution is 6.41. The van der Waals surface area contributed by atoms with Crippen molar-refractivity contribution in [2.75, 3.05) is 0 Å². The molecule has 0 aliphatic rings. The van der Waals surface area contributed by atoms with E-state index >= 15 is 0 Å². The minimum Gasteiger partial charge on any atom is -0.505 e. The third-order valence-electron chi connectivity index (χ3n) is 1.96. The van der Waals surface area contributed by atoms with E-state index in [2.05, 4.69) is 6.58 Å². The van der Waals surface area contributed by atoms with Gasteiger partial charge in [0, 0.05) is 10.6 Å². The van der Waals surface area contributed by atoms with Gasteiger partial charge in [0.1, 0.15) is 0 Å². The third kappa shape index (κ3) is 4.77. The van der Waals surface area contributed by atoms with Crippen molar-refractivity contribution in [1.82, 2.24) is 0 Å². The van der Waals surface area contributed by atoms with E-state index < -0.39 is 5.97 Å². The van der Waals surface area contributed by atoms with E-state index in [1.807, 2.05) is 6.92 Å². The lowest BCUT2D eigenvalue weighted by atomic mass is 10.1. The lowest BCUT2D eigenvalue weighted by molar-refractivity contribution is -0.132. The van der Waals surface area contributed by atoms with E-state index in [4.69, 9.17) is 39.9 Å². The highest BCUT2D eigenvalue weighted by Gasteiger charge is 2.12. The minimum atomic E-state index is -0.935. The molecule has 18 heavy (non-hydrogen) atoms. The second-order valence-corrected chi connectivity index (χ2v) is 4.61. The third-order valence-corrected chi connectivity index (χ3v) is 2.99. The van der Waals surface area contributed by atoms with E-state index in [-0.39, 0.29) is 21.4 Å². The maximum absolute atomic E-state index is 9.60. The van der Waals surface area contributed by atoms with Crippen LogP contribution in [-0.2, 0) is 11.2 Å². The number of carboxylic acids is 1. The lowest BCUT2D eigenvalue weighted by Gasteiger charge is -2.07. The molecule has 0 radical (unpaired) electrons. The summed E-state index contributed by atoms with van der Waals surface area (Å²) in [6, 6.07) is 1.49. The van der Waals surface area contributed by atoms with Crippen LogP contribution in [0, 0.1) is 0 Å². The van der Waals surface area contributed by atoms with Crippen LogP contribution in [0.4, 0.5) is 0 Å². The van der Waals surface area contributed by atoms with Crippen LogP contribution in [0.15, 0.2) is 18.2 Å². The van der Waals surface area contributed by atoms with E-state index in [0.717, 1.165) is 5.56 Å². The van der Waals surface area contributed by atoms with Gasteiger partial charge in [-0.05, 0) is 25.0 Å². The molecule has 0 aliphatic heterocycles. The van der Waals surface area contributed by atoms with E-state index in [9.17, 15) is 9.90 Å². The Kier molecular flexibility index (Phi) is 7.14. The topological polar surface area (TPSA) is 57.5 Å². The largest absolute Gasteiger partial charge is 0.505 e. The number of carboxylic acid groups (broad SMARTS) is 1. The minimum absolute atomic E-state index is 0.0976. The van der Waals surface area contributed by atoms with Gasteiger partial charge in [-0.2, -0.15) is 0 Å². The molecule has 3 nitrogen and oxygen atoms in total. The molecule has 1 aromatic rings. The van der Waals surface area contributed by atoms with Gasteiger partial charge in [-0.3, -0.25) is 0 Å². The lowest BCUT2D eigenvalue weighted by Crippen LogP contribution is -1.92. The molecule has 2 N–H and O–H groups in total. The van der Waals surface area contributed by atoms with Crippen LogP contribution < -0.4 is 0 Å². The van der Waals surface area contributed by atoms with Crippen LogP contribution in [0.1, 0.15) is 19.4 Å². The Morgan fingerprint density at radius 2 is 1.78 bits per heavy atom. The molecule has 0 heterocycles. The van der Waals surface area contributed by atoms with Crippen molar-refractivity contribution < 1.29 is 15.0 Å². The Balaban J connectivity index is 0.000000411. The number of hydrogen-bond acceptors (Lipinski definition) is 2. The average Bonchev–Trinajstić information content (AvgIpc) is 2.27. The van der Waals surface area contributed by atoms with E-state index in [0.29, 0.717) is 11.4 Å². The van der Waals surface area contributed by atoms with Crippen LogP contribution >= 0.6 is 34.8 Å². The van der Waals surface area contributed by atoms with E-state index in [1.165, 1.54) is 13.0 Å². The normalized spacial score (nSPS) is 9.39. The van der Waals surface area contributed by atoms with Crippen molar-refractivity contribution in [3.63, 3.8) is 0 Å². The highest BCUT2D eigenvalue weighted by atomic mass is 35.5. The van der Waals surface area contributed by atoms with Crippen molar-refractivity contribution in [3.8, 4) is 5.75 Å². The van der Waals surface area contributed by atoms with Gasteiger partial charge in [0.15, 0.2) is 5.75 Å². The molecule has 1 rings (SSSR count). The maximum atomic E-state index is 9.60. The first kappa shape index (κ1) is 17.1. The Labute approximate surface area is 121 Å². The number of aromatic hydroxyl groups is 1. The van der Waals surface area contributed by atoms with Crippen LogP contribution in [0.5, 0.6) is 5.75 Å². The number of benzene rings is 1. The number of aliphatic carboxylic acids is 1. The Morgan fingerprint density at radius 3 is 2.11 bits per heavy atom. The molecule has 0 saturated carbocycles. The van der Waals surface area contributed by atoms with Crippen molar-refractivity contribution in [3.05, 3.63) is 38.8 Å². The molecule has 0 amide bonds. The molecule has 0 spiro atoms. The molecule has 100 valence electrons. The summed E-state index contributed by atoms with van der Waals surface area (Å²) < 4.78 is 0. The Hall–Kier alpha value is -0.900. The van der Waals surface area contributed by atoms with Gasteiger partial charge < -0.3 is 10.2 Å². The molecule has 0 bridgehead atoms. The van der Waals surface area contributed by atoms with Gasteiger partial charge in [-0.25, -0.2) is 4.79 Å². The van der Waals surface area contributed by atoms with Crippen molar-refractivity contribution in [2.45, 2.75) is 20.3 Å². The number of phenolic OH excluding ortho intramolecular Hbond substituents is 1. The molecule has 1 aromatic carbocycles. The van der Waals surface area contributed by atoms with Crippen LogP contribution in [-0.4, -0.2) is 16.2 Å². The quantitative estimate of drug-likeness (QED) is 0.787. The number of phenols is 1. The van der Waals surface area contributed by atoms with Gasteiger partial charge >= 0.3 is 5.97 Å². The Morgan fingerprint density at radius 1 is 1.33 bits per heavy atom. The molecular formula is C12H13Cl3O3. The molecule has 6 heteroatoms. The molecule has 0 atom stereocenters. The van der Waals surface area contributed by atoms with Crippen LogP contribution in [0.2, 0.25) is 15.1 Å². The molecule has 0 unspecified atom stereocenters. The standard InChI is InChI=1S/C8H7Cl3O.C4H6O2/c1-2-4-5(9)3-6(10)8(12)7(4)11;1-3(2)4(5)6/h3,12H,2H2,1H3;1H2,2H3,(H,5,6). The molecular weight excluding hydrogens is 298 g/mol. The van der Waals surface area contributed by atoms with Gasteiger partial charge in [0.05, 0.1) is 10.0 Å². The summed E-state index contributed by atoms with van der Waals surface area (Å²) in [6.45, 7) is 6.51. The van der Waals surface area contributed by atoms with Gasteiger partial charge in [-0.1, -0.05) is 48.3 Å². The van der Waals surface area contributed by atoms with Crippen molar-refractivity contribution in [2.24, 2.45) is 0 Å². The van der Waals surface area contributed by atoms with Crippen LogP contribution in [0.3, 0.4) is 0 Å². The zero-order chi connectivity index (χ0) is 14.5. The smallest absolute Gasteiger partial charge is 0.330 e. The van der Waals surface area contributed by atoms with Crippen molar-refractivity contribution in [1.29, 1.82) is 0 Å². The Bertz CT molecular complexity index is 458. The predicted octanol–water partition coefficient (Wildman–Crippen LogP) is 4.56. The fourth-order valence-corrected chi connectivity index (χ4v) is 1.97. The SMILES string of the molecule is C=C(C)C(=O)O.CCc1c(Cl)cc(Cl)c(O)c1Cl. The summed E-state index contributed by atoms with van der Waals surface area (Å²) in [5, 5.41) is 18.1. The fraction of sp³-hybridized carbons (Fsp3) is 0.250. The number of halogens is 3. The fourth-order valence-electron chi connectivity index (χ4n) is 0.943. The van der Waals surface area contributed by atoms with Gasteiger partial charge in [0.2, 0.25) is 0 Å². The van der Waals surface area contributed by atoms with Gasteiger partial charge in [-0.15, -0.1) is 0 Å². The van der Waals surface area contributed by atoms with Crippen LogP contribution in [0.25, 0.3) is 0 Å². The molecule has 0 saturated heterocycles.